The second-order valence-electron chi connectivity index (χ2n) is 5.69. The topological polar surface area (TPSA) is 29.5 Å². The van der Waals surface area contributed by atoms with Gasteiger partial charge in [0.05, 0.1) is 23.7 Å². The van der Waals surface area contributed by atoms with Crippen molar-refractivity contribution in [1.82, 2.24) is 0 Å². The molecule has 0 aromatic carbocycles. The molecule has 0 aliphatic heterocycles. The Morgan fingerprint density at radius 1 is 0.667 bits per heavy atom. The number of hydrogen-bond acceptors (Lipinski definition) is 2. The highest BCUT2D eigenvalue weighted by Crippen LogP contribution is 2.64. The smallest absolute Gasteiger partial charge is 0.395 e. The van der Waals surface area contributed by atoms with Gasteiger partial charge in [0.15, 0.2) is 0 Å². The van der Waals surface area contributed by atoms with Gasteiger partial charge in [-0.1, -0.05) is 22.6 Å². The molecule has 18 heteroatoms. The highest BCUT2D eigenvalue weighted by atomic mass is 127. The summed E-state index contributed by atoms with van der Waals surface area (Å²) in [5.41, 5.74) is -8.29. The zero-order valence-electron chi connectivity index (χ0n) is 13.8. The van der Waals surface area contributed by atoms with Gasteiger partial charge >= 0.3 is 41.7 Å². The second kappa shape index (κ2) is 8.86. The normalized spacial score (nSPS) is 16.7. The fourth-order valence-corrected chi connectivity index (χ4v) is 2.04. The van der Waals surface area contributed by atoms with E-state index in [2.05, 4.69) is 4.74 Å². The highest BCUT2D eigenvalue weighted by molar-refractivity contribution is 14.1. The van der Waals surface area contributed by atoms with Crippen LogP contribution >= 0.6 is 22.6 Å². The number of hydrogen-bond donors (Lipinski definition) is 1. The molecule has 1 unspecified atom stereocenters. The van der Waals surface area contributed by atoms with Crippen molar-refractivity contribution in [1.29, 1.82) is 0 Å². The van der Waals surface area contributed by atoms with Crippen LogP contribution in [-0.4, -0.2) is 70.6 Å². The Bertz CT molecular complexity index is 557. The van der Waals surface area contributed by atoms with Gasteiger partial charge in [0.1, 0.15) is 0 Å². The van der Waals surface area contributed by atoms with Crippen molar-refractivity contribution in [3.8, 4) is 0 Å². The van der Waals surface area contributed by atoms with E-state index >= 15 is 0 Å². The summed E-state index contributed by atoms with van der Waals surface area (Å²) in [5, 5.41) is 8.57. The van der Waals surface area contributed by atoms with Crippen LogP contribution in [0.1, 0.15) is 6.42 Å². The van der Waals surface area contributed by atoms with Crippen LogP contribution in [0, 0.1) is 0 Å². The molecule has 0 amide bonds. The summed E-state index contributed by atoms with van der Waals surface area (Å²) < 4.78 is 198. The molecule has 0 fully saturated rings. The average Bonchev–Trinajstić information content (AvgIpc) is 2.54. The van der Waals surface area contributed by atoms with E-state index in [1.54, 1.807) is 0 Å². The highest BCUT2D eigenvalue weighted by Gasteiger charge is 2.95. The molecule has 182 valence electrons. The second-order valence-corrected chi connectivity index (χ2v) is 7.45. The summed E-state index contributed by atoms with van der Waals surface area (Å²) in [7, 11) is 0. The van der Waals surface area contributed by atoms with E-state index in [0.717, 1.165) is 0 Å². The Hall–Kier alpha value is -0.400. The van der Waals surface area contributed by atoms with Gasteiger partial charge in [0, 0.05) is 6.42 Å². The zero-order valence-corrected chi connectivity index (χ0v) is 16.0. The zero-order chi connectivity index (χ0) is 24.6. The summed E-state index contributed by atoms with van der Waals surface area (Å²) in [5.74, 6) is -30.5. The molecular formula is C12H10F15IO2. The van der Waals surface area contributed by atoms with Gasteiger partial charge in [-0.3, -0.25) is 0 Å². The first-order chi connectivity index (χ1) is 13.0. The van der Waals surface area contributed by atoms with Crippen LogP contribution < -0.4 is 0 Å². The number of alkyl halides is 16. The predicted molar refractivity (Wildman–Crippen MR) is 76.1 cm³/mol. The number of aliphatic hydroxyl groups is 1. The number of rotatable bonds is 10. The van der Waals surface area contributed by atoms with Crippen LogP contribution in [0.4, 0.5) is 65.9 Å². The maximum atomic E-state index is 13.5. The molecule has 0 radical (unpaired) electrons. The Morgan fingerprint density at radius 2 is 1.07 bits per heavy atom. The van der Waals surface area contributed by atoms with E-state index in [-0.39, 0.29) is 0 Å². The standard InChI is InChI=1S/C12H10F15IO2/c13-6(14,1-2-30-4-5(28)3-29)8(16,17)10(20,21)9(18,19)7(15,11(22,23)24)12(25,26)27/h5,29H,1-4H2. The van der Waals surface area contributed by atoms with Crippen molar-refractivity contribution in [3.05, 3.63) is 0 Å². The number of aliphatic hydroxyl groups excluding tert-OH is 1. The van der Waals surface area contributed by atoms with Crippen LogP contribution in [0.3, 0.4) is 0 Å². The van der Waals surface area contributed by atoms with Crippen LogP contribution in [0.25, 0.3) is 0 Å². The number of ether oxygens (including phenoxy) is 1. The van der Waals surface area contributed by atoms with Crippen LogP contribution in [-0.2, 0) is 4.74 Å². The maximum Gasteiger partial charge on any atom is 0.438 e. The van der Waals surface area contributed by atoms with Gasteiger partial charge in [0.2, 0.25) is 0 Å². The van der Waals surface area contributed by atoms with Crippen molar-refractivity contribution in [2.75, 3.05) is 19.8 Å². The van der Waals surface area contributed by atoms with Crippen LogP contribution in [0.15, 0.2) is 0 Å². The minimum atomic E-state index is -8.41. The molecule has 2 nitrogen and oxygen atoms in total. The molecule has 0 rings (SSSR count). The quantitative estimate of drug-likeness (QED) is 0.155. The fraction of sp³-hybridized carbons (Fsp3) is 1.00. The lowest BCUT2D eigenvalue weighted by Crippen LogP contribution is -2.75. The molecule has 0 aliphatic carbocycles. The molecule has 0 bridgehead atoms. The molecule has 0 aromatic rings. The molecule has 0 spiro atoms. The fourth-order valence-electron chi connectivity index (χ4n) is 1.78. The van der Waals surface area contributed by atoms with Crippen molar-refractivity contribution >= 4 is 22.6 Å². The third-order valence-electron chi connectivity index (χ3n) is 3.52. The van der Waals surface area contributed by atoms with Gasteiger partial charge in [-0.25, -0.2) is 4.39 Å². The van der Waals surface area contributed by atoms with Crippen molar-refractivity contribution in [2.24, 2.45) is 0 Å². The molecule has 0 aliphatic rings. The van der Waals surface area contributed by atoms with E-state index in [1.165, 1.54) is 22.6 Å². The van der Waals surface area contributed by atoms with Gasteiger partial charge in [0.25, 0.3) is 0 Å². The van der Waals surface area contributed by atoms with E-state index in [1.807, 2.05) is 0 Å². The Balaban J connectivity index is 6.10. The largest absolute Gasteiger partial charge is 0.438 e. The molecule has 0 heterocycles. The monoisotopic (exact) mass is 598 g/mol. The van der Waals surface area contributed by atoms with Crippen molar-refractivity contribution in [2.45, 2.75) is 52.1 Å². The first-order valence-corrected chi connectivity index (χ1v) is 8.36. The molecule has 1 atom stereocenters. The lowest BCUT2D eigenvalue weighted by molar-refractivity contribution is -0.457. The molecule has 0 saturated heterocycles. The minimum absolute atomic E-state index is 0.634. The SMILES string of the molecule is OCC(I)COCCC(F)(F)C(F)(F)C(F)(F)C(F)(F)C(F)(C(F)(F)F)C(F)(F)F. The van der Waals surface area contributed by atoms with Crippen molar-refractivity contribution < 1.29 is 75.7 Å². The third-order valence-corrected chi connectivity index (χ3v) is 4.27. The van der Waals surface area contributed by atoms with E-state index in [9.17, 15) is 65.9 Å². The molecule has 0 aromatic heterocycles. The minimum Gasteiger partial charge on any atom is -0.395 e. The summed E-state index contributed by atoms with van der Waals surface area (Å²) in [6, 6.07) is 0. The van der Waals surface area contributed by atoms with E-state index in [0.29, 0.717) is 0 Å². The van der Waals surface area contributed by atoms with Gasteiger partial charge in [-0.2, -0.15) is 61.5 Å². The van der Waals surface area contributed by atoms with Gasteiger partial charge in [-0.05, 0) is 0 Å². The molecular weight excluding hydrogens is 588 g/mol. The van der Waals surface area contributed by atoms with Crippen LogP contribution in [0.5, 0.6) is 0 Å². The Labute approximate surface area is 170 Å². The van der Waals surface area contributed by atoms with Crippen molar-refractivity contribution in [3.63, 3.8) is 0 Å². The van der Waals surface area contributed by atoms with Crippen LogP contribution in [0.2, 0.25) is 0 Å². The Morgan fingerprint density at radius 3 is 1.40 bits per heavy atom. The average molecular weight is 598 g/mol. The Kier molecular flexibility index (Phi) is 8.74. The predicted octanol–water partition coefficient (Wildman–Crippen LogP) is 5.56. The van der Waals surface area contributed by atoms with E-state index < -0.39 is 71.9 Å². The van der Waals surface area contributed by atoms with Gasteiger partial charge < -0.3 is 9.84 Å². The first kappa shape index (κ1) is 29.6. The summed E-state index contributed by atoms with van der Waals surface area (Å²) in [6.07, 6.45) is -18.4. The molecule has 30 heavy (non-hydrogen) atoms. The number of halogens is 16. The third kappa shape index (κ3) is 4.83. The lowest BCUT2D eigenvalue weighted by atomic mass is 9.85. The molecule has 1 N–H and O–H groups in total. The summed E-state index contributed by atoms with van der Waals surface area (Å²) in [4.78, 5) is 0. The maximum absolute atomic E-state index is 13.5. The lowest BCUT2D eigenvalue weighted by Gasteiger charge is -2.43. The first-order valence-electron chi connectivity index (χ1n) is 7.12. The van der Waals surface area contributed by atoms with E-state index in [4.69, 9.17) is 5.11 Å². The summed E-state index contributed by atoms with van der Waals surface area (Å²) >= 11 is 1.44. The molecule has 0 saturated carbocycles. The van der Waals surface area contributed by atoms with Gasteiger partial charge in [-0.15, -0.1) is 0 Å². The summed E-state index contributed by atoms with van der Waals surface area (Å²) in [6.45, 7) is -2.89.